The van der Waals surface area contributed by atoms with E-state index in [2.05, 4.69) is 10.3 Å². The Bertz CT molecular complexity index is 399. The van der Waals surface area contributed by atoms with Crippen LogP contribution in [0.3, 0.4) is 0 Å². The van der Waals surface area contributed by atoms with Crippen molar-refractivity contribution in [2.75, 3.05) is 6.54 Å². The minimum absolute atomic E-state index is 0.245. The number of nitrogens with zero attached hydrogens (tertiary/aromatic N) is 1. The van der Waals surface area contributed by atoms with Crippen LogP contribution in [-0.2, 0) is 0 Å². The molecule has 0 unspecified atom stereocenters. The Morgan fingerprint density at radius 2 is 2.11 bits per heavy atom. The highest BCUT2D eigenvalue weighted by Crippen LogP contribution is 2.22. The highest BCUT2D eigenvalue weighted by Gasteiger charge is 2.19. The van der Waals surface area contributed by atoms with Gasteiger partial charge in [-0.3, -0.25) is 4.79 Å². The van der Waals surface area contributed by atoms with Crippen molar-refractivity contribution >= 4 is 5.91 Å². The van der Waals surface area contributed by atoms with Crippen LogP contribution in [0.25, 0.3) is 0 Å². The number of halogens is 1. The van der Waals surface area contributed by atoms with Gasteiger partial charge in [-0.2, -0.15) is 0 Å². The SMILES string of the molecule is NC1CCC(CNC(=O)c2ccc(F)cn2)CC1. The van der Waals surface area contributed by atoms with E-state index in [9.17, 15) is 9.18 Å². The van der Waals surface area contributed by atoms with Crippen LogP contribution in [0.15, 0.2) is 18.3 Å². The summed E-state index contributed by atoms with van der Waals surface area (Å²) in [4.78, 5) is 15.5. The number of amides is 1. The summed E-state index contributed by atoms with van der Waals surface area (Å²) < 4.78 is 12.7. The lowest BCUT2D eigenvalue weighted by atomic mass is 9.86. The number of rotatable bonds is 3. The minimum atomic E-state index is -0.437. The number of hydrogen-bond donors (Lipinski definition) is 2. The molecule has 1 fully saturated rings. The van der Waals surface area contributed by atoms with Crippen molar-refractivity contribution in [2.24, 2.45) is 11.7 Å². The molecule has 1 aromatic rings. The van der Waals surface area contributed by atoms with Crippen molar-refractivity contribution < 1.29 is 9.18 Å². The summed E-state index contributed by atoms with van der Waals surface area (Å²) >= 11 is 0. The van der Waals surface area contributed by atoms with Gasteiger partial charge in [0.2, 0.25) is 0 Å². The second kappa shape index (κ2) is 5.91. The first-order valence-electron chi connectivity index (χ1n) is 6.30. The molecule has 18 heavy (non-hydrogen) atoms. The van der Waals surface area contributed by atoms with Gasteiger partial charge in [-0.25, -0.2) is 9.37 Å². The predicted octanol–water partition coefficient (Wildman–Crippen LogP) is 1.47. The number of nitrogens with two attached hydrogens (primary N) is 1. The average Bonchev–Trinajstić information content (AvgIpc) is 2.38. The maximum Gasteiger partial charge on any atom is 0.269 e. The second-order valence-electron chi connectivity index (χ2n) is 4.85. The molecule has 0 aromatic carbocycles. The van der Waals surface area contributed by atoms with E-state index in [0.717, 1.165) is 31.9 Å². The van der Waals surface area contributed by atoms with E-state index in [1.165, 1.54) is 12.1 Å². The Balaban J connectivity index is 1.79. The molecular weight excluding hydrogens is 233 g/mol. The largest absolute Gasteiger partial charge is 0.350 e. The molecule has 4 nitrogen and oxygen atoms in total. The van der Waals surface area contributed by atoms with Gasteiger partial charge in [0.25, 0.3) is 5.91 Å². The van der Waals surface area contributed by atoms with Crippen molar-refractivity contribution in [3.8, 4) is 0 Å². The second-order valence-corrected chi connectivity index (χ2v) is 4.85. The summed E-state index contributed by atoms with van der Waals surface area (Å²) in [5.41, 5.74) is 6.08. The first kappa shape index (κ1) is 13.0. The van der Waals surface area contributed by atoms with Gasteiger partial charge < -0.3 is 11.1 Å². The van der Waals surface area contributed by atoms with Crippen LogP contribution >= 0.6 is 0 Å². The lowest BCUT2D eigenvalue weighted by Gasteiger charge is -2.26. The molecule has 1 aliphatic carbocycles. The number of carbonyl (C=O) groups excluding carboxylic acids is 1. The molecule has 98 valence electrons. The zero-order valence-electron chi connectivity index (χ0n) is 10.2. The maximum atomic E-state index is 12.7. The minimum Gasteiger partial charge on any atom is -0.350 e. The molecule has 0 bridgehead atoms. The van der Waals surface area contributed by atoms with E-state index in [-0.39, 0.29) is 11.6 Å². The van der Waals surface area contributed by atoms with E-state index in [0.29, 0.717) is 18.5 Å². The smallest absolute Gasteiger partial charge is 0.269 e. The van der Waals surface area contributed by atoms with E-state index < -0.39 is 5.82 Å². The van der Waals surface area contributed by atoms with Gasteiger partial charge in [-0.15, -0.1) is 0 Å². The van der Waals surface area contributed by atoms with Crippen molar-refractivity contribution in [3.63, 3.8) is 0 Å². The monoisotopic (exact) mass is 251 g/mol. The van der Waals surface area contributed by atoms with E-state index in [1.807, 2.05) is 0 Å². The van der Waals surface area contributed by atoms with Gasteiger partial charge in [0.1, 0.15) is 11.5 Å². The van der Waals surface area contributed by atoms with E-state index in [4.69, 9.17) is 5.73 Å². The molecule has 0 atom stereocenters. The zero-order valence-corrected chi connectivity index (χ0v) is 10.2. The molecule has 5 heteroatoms. The number of carbonyl (C=O) groups is 1. The molecule has 0 spiro atoms. The third-order valence-corrected chi connectivity index (χ3v) is 3.40. The molecule has 1 saturated carbocycles. The third-order valence-electron chi connectivity index (χ3n) is 3.40. The highest BCUT2D eigenvalue weighted by molar-refractivity contribution is 5.92. The van der Waals surface area contributed by atoms with Gasteiger partial charge in [-0.05, 0) is 43.7 Å². The Labute approximate surface area is 106 Å². The number of pyridine rings is 1. The van der Waals surface area contributed by atoms with Gasteiger partial charge in [0.05, 0.1) is 6.20 Å². The standard InChI is InChI=1S/C13H18FN3O/c14-10-3-6-12(16-8-10)13(18)17-7-9-1-4-11(15)5-2-9/h3,6,8-9,11H,1-2,4-5,7,15H2,(H,17,18). The van der Waals surface area contributed by atoms with Crippen LogP contribution in [0.1, 0.15) is 36.2 Å². The maximum absolute atomic E-state index is 12.7. The average molecular weight is 251 g/mol. The molecule has 2 rings (SSSR count). The van der Waals surface area contributed by atoms with E-state index in [1.54, 1.807) is 0 Å². The quantitative estimate of drug-likeness (QED) is 0.854. The predicted molar refractivity (Wildman–Crippen MR) is 66.5 cm³/mol. The fourth-order valence-corrected chi connectivity index (χ4v) is 2.23. The topological polar surface area (TPSA) is 68.0 Å². The molecule has 1 aliphatic rings. The lowest BCUT2D eigenvalue weighted by molar-refractivity contribution is 0.0938. The Kier molecular flexibility index (Phi) is 4.25. The molecular formula is C13H18FN3O. The van der Waals surface area contributed by atoms with Gasteiger partial charge in [0.15, 0.2) is 0 Å². The summed E-state index contributed by atoms with van der Waals surface area (Å²) in [6.07, 6.45) is 5.20. The number of nitrogens with one attached hydrogen (secondary N) is 1. The summed E-state index contributed by atoms with van der Waals surface area (Å²) in [6.45, 7) is 0.643. The van der Waals surface area contributed by atoms with Crippen LogP contribution < -0.4 is 11.1 Å². The normalized spacial score (nSPS) is 23.7. The van der Waals surface area contributed by atoms with Crippen molar-refractivity contribution in [1.29, 1.82) is 0 Å². The molecule has 0 aliphatic heterocycles. The third kappa shape index (κ3) is 3.50. The van der Waals surface area contributed by atoms with Crippen molar-refractivity contribution in [3.05, 3.63) is 29.8 Å². The van der Waals surface area contributed by atoms with Crippen LogP contribution in [0.4, 0.5) is 4.39 Å². The van der Waals surface area contributed by atoms with Gasteiger partial charge in [-0.1, -0.05) is 0 Å². The van der Waals surface area contributed by atoms with Crippen LogP contribution in [-0.4, -0.2) is 23.5 Å². The summed E-state index contributed by atoms with van der Waals surface area (Å²) in [7, 11) is 0. The number of aromatic nitrogens is 1. The number of hydrogen-bond acceptors (Lipinski definition) is 3. The molecule has 1 amide bonds. The first-order valence-corrected chi connectivity index (χ1v) is 6.30. The van der Waals surface area contributed by atoms with E-state index >= 15 is 0 Å². The fraction of sp³-hybridized carbons (Fsp3) is 0.538. The summed E-state index contributed by atoms with van der Waals surface area (Å²) in [5.74, 6) is -0.188. The Hall–Kier alpha value is -1.49. The van der Waals surface area contributed by atoms with Crippen LogP contribution in [0.5, 0.6) is 0 Å². The zero-order chi connectivity index (χ0) is 13.0. The molecule has 1 heterocycles. The Morgan fingerprint density at radius 3 is 2.72 bits per heavy atom. The molecule has 0 radical (unpaired) electrons. The molecule has 0 saturated heterocycles. The fourth-order valence-electron chi connectivity index (χ4n) is 2.23. The molecule has 3 N–H and O–H groups in total. The summed E-state index contributed by atoms with van der Waals surface area (Å²) in [5, 5.41) is 2.84. The Morgan fingerprint density at radius 1 is 1.39 bits per heavy atom. The van der Waals surface area contributed by atoms with Crippen LogP contribution in [0, 0.1) is 11.7 Å². The van der Waals surface area contributed by atoms with Gasteiger partial charge >= 0.3 is 0 Å². The first-order chi connectivity index (χ1) is 8.65. The highest BCUT2D eigenvalue weighted by atomic mass is 19.1. The van der Waals surface area contributed by atoms with Gasteiger partial charge in [0, 0.05) is 12.6 Å². The van der Waals surface area contributed by atoms with Crippen LogP contribution in [0.2, 0.25) is 0 Å². The lowest BCUT2D eigenvalue weighted by Crippen LogP contribution is -2.34. The molecule has 1 aromatic heterocycles. The van der Waals surface area contributed by atoms with Crippen molar-refractivity contribution in [2.45, 2.75) is 31.7 Å². The van der Waals surface area contributed by atoms with Crippen molar-refractivity contribution in [1.82, 2.24) is 10.3 Å². The summed E-state index contributed by atoms with van der Waals surface area (Å²) in [6, 6.07) is 2.94.